The van der Waals surface area contributed by atoms with E-state index in [-0.39, 0.29) is 11.9 Å². The number of aromatic nitrogens is 4. The Labute approximate surface area is 195 Å². The van der Waals surface area contributed by atoms with Crippen molar-refractivity contribution < 1.29 is 14.3 Å². The van der Waals surface area contributed by atoms with E-state index in [1.54, 1.807) is 6.20 Å². The topological polar surface area (TPSA) is 114 Å². The van der Waals surface area contributed by atoms with Gasteiger partial charge in [-0.05, 0) is 29.7 Å². The molecule has 4 heterocycles. The number of amides is 1. The number of carbonyl (C=O) groups excluding carboxylic acids is 1. The molecule has 2 aliphatic rings. The maximum absolute atomic E-state index is 12.9. The minimum Gasteiger partial charge on any atom is -0.380 e. The molecule has 2 fully saturated rings. The molecule has 0 saturated carbocycles. The molecular formula is C22H25N7O3S. The van der Waals surface area contributed by atoms with Crippen LogP contribution in [-0.2, 0) is 14.3 Å². The zero-order valence-corrected chi connectivity index (χ0v) is 19.0. The van der Waals surface area contributed by atoms with Crippen LogP contribution in [0.3, 0.4) is 0 Å². The Hall–Kier alpha value is -3.15. The van der Waals surface area contributed by atoms with E-state index in [0.717, 1.165) is 36.5 Å². The Kier molecular flexibility index (Phi) is 6.42. The molecule has 0 aliphatic carbocycles. The predicted octanol–water partition coefficient (Wildman–Crippen LogP) is 2.46. The molecule has 5 rings (SSSR count). The van der Waals surface area contributed by atoms with Gasteiger partial charge in [0, 0.05) is 38.4 Å². The highest BCUT2D eigenvalue weighted by Gasteiger charge is 2.27. The number of methoxy groups -OCH3 is 1. The quantitative estimate of drug-likeness (QED) is 0.515. The summed E-state index contributed by atoms with van der Waals surface area (Å²) in [5.41, 5.74) is 1.96. The average Bonchev–Trinajstić information content (AvgIpc) is 3.44. The van der Waals surface area contributed by atoms with Crippen molar-refractivity contribution >= 4 is 33.3 Å². The van der Waals surface area contributed by atoms with Gasteiger partial charge in [0.1, 0.15) is 0 Å². The van der Waals surface area contributed by atoms with Crippen molar-refractivity contribution in [1.82, 2.24) is 20.4 Å². The zero-order chi connectivity index (χ0) is 22.6. The smallest absolute Gasteiger partial charge is 0.259 e. The number of hydrogen-bond donors (Lipinski definition) is 2. The summed E-state index contributed by atoms with van der Waals surface area (Å²) in [7, 11) is 1.53. The standard InChI is InChI=1S/C22H25N7O3S/c1-31-19(15-5-2-4-14(10-15)16-12-32-13-16)20(30)25-22-28-27-21(33-22)24-17-7-9-29(11-17)18-6-3-8-23-26-18/h2-6,8,10,16-17,19H,7,9,11-13H2,1H3,(H,24,27)(H,25,28,30)/t17-,19?/m1/s1. The highest BCUT2D eigenvalue weighted by molar-refractivity contribution is 7.19. The first-order valence-corrected chi connectivity index (χ1v) is 11.6. The van der Waals surface area contributed by atoms with Crippen LogP contribution in [0.15, 0.2) is 42.6 Å². The van der Waals surface area contributed by atoms with E-state index in [1.807, 2.05) is 30.3 Å². The lowest BCUT2D eigenvalue weighted by Gasteiger charge is -2.27. The van der Waals surface area contributed by atoms with Crippen LogP contribution in [0, 0.1) is 0 Å². The molecule has 2 atom stereocenters. The third-order valence-electron chi connectivity index (χ3n) is 5.85. The van der Waals surface area contributed by atoms with Crippen molar-refractivity contribution in [1.29, 1.82) is 0 Å². The second kappa shape index (κ2) is 9.77. The number of nitrogens with zero attached hydrogens (tertiary/aromatic N) is 5. The lowest BCUT2D eigenvalue weighted by Crippen LogP contribution is -2.26. The fraction of sp³-hybridized carbons (Fsp3) is 0.409. The maximum Gasteiger partial charge on any atom is 0.259 e. The summed E-state index contributed by atoms with van der Waals surface area (Å²) in [5.74, 6) is 0.964. The van der Waals surface area contributed by atoms with Crippen molar-refractivity contribution in [2.24, 2.45) is 0 Å². The summed E-state index contributed by atoms with van der Waals surface area (Å²) in [6.07, 6.45) is 1.88. The van der Waals surface area contributed by atoms with E-state index in [9.17, 15) is 4.79 Å². The van der Waals surface area contributed by atoms with E-state index in [1.165, 1.54) is 18.4 Å². The van der Waals surface area contributed by atoms with Crippen molar-refractivity contribution in [3.8, 4) is 0 Å². The SMILES string of the molecule is COC(C(=O)Nc1nnc(N[C@@H]2CCN(c3cccnn3)C2)s1)c1cccc(C2COC2)c1. The number of ether oxygens (including phenoxy) is 2. The Balaban J connectivity index is 1.18. The maximum atomic E-state index is 12.9. The summed E-state index contributed by atoms with van der Waals surface area (Å²) in [6, 6.07) is 12.0. The van der Waals surface area contributed by atoms with Gasteiger partial charge in [0.25, 0.3) is 5.91 Å². The molecule has 10 nitrogen and oxygen atoms in total. The molecule has 172 valence electrons. The van der Waals surface area contributed by atoms with E-state index in [0.29, 0.717) is 29.4 Å². The summed E-state index contributed by atoms with van der Waals surface area (Å²) in [4.78, 5) is 15.1. The van der Waals surface area contributed by atoms with Gasteiger partial charge in [0.2, 0.25) is 10.3 Å². The van der Waals surface area contributed by atoms with Crippen molar-refractivity contribution in [3.63, 3.8) is 0 Å². The molecule has 0 bridgehead atoms. The largest absolute Gasteiger partial charge is 0.380 e. The van der Waals surface area contributed by atoms with Crippen LogP contribution in [0.2, 0.25) is 0 Å². The van der Waals surface area contributed by atoms with E-state index in [2.05, 4.69) is 42.0 Å². The Morgan fingerprint density at radius 2 is 2.09 bits per heavy atom. The second-order valence-corrected chi connectivity index (χ2v) is 9.06. The Bertz CT molecular complexity index is 1090. The van der Waals surface area contributed by atoms with Gasteiger partial charge in [-0.15, -0.1) is 15.3 Å². The third kappa shape index (κ3) is 4.95. The molecule has 1 aromatic carbocycles. The molecule has 2 aromatic heterocycles. The molecule has 1 amide bonds. The highest BCUT2D eigenvalue weighted by Crippen LogP contribution is 2.29. The molecule has 3 aromatic rings. The summed E-state index contributed by atoms with van der Waals surface area (Å²) >= 11 is 1.31. The zero-order valence-electron chi connectivity index (χ0n) is 18.2. The van der Waals surface area contributed by atoms with Crippen LogP contribution in [0.5, 0.6) is 0 Å². The van der Waals surface area contributed by atoms with Gasteiger partial charge in [-0.1, -0.05) is 35.6 Å². The first-order chi connectivity index (χ1) is 16.2. The molecule has 2 saturated heterocycles. The van der Waals surface area contributed by atoms with Crippen molar-refractivity contribution in [2.75, 3.05) is 48.9 Å². The van der Waals surface area contributed by atoms with E-state index >= 15 is 0 Å². The summed E-state index contributed by atoms with van der Waals surface area (Å²) < 4.78 is 10.8. The number of hydrogen-bond acceptors (Lipinski definition) is 10. The van der Waals surface area contributed by atoms with Crippen LogP contribution < -0.4 is 15.5 Å². The number of carbonyl (C=O) groups is 1. The normalized spacial score (nSPS) is 19.2. The Morgan fingerprint density at radius 1 is 1.21 bits per heavy atom. The molecule has 11 heteroatoms. The molecule has 2 aliphatic heterocycles. The first-order valence-electron chi connectivity index (χ1n) is 10.8. The fourth-order valence-electron chi connectivity index (χ4n) is 4.02. The Morgan fingerprint density at radius 3 is 2.85 bits per heavy atom. The molecule has 1 unspecified atom stereocenters. The lowest BCUT2D eigenvalue weighted by molar-refractivity contribution is -0.126. The first kappa shape index (κ1) is 21.7. The minimum absolute atomic E-state index is 0.216. The van der Waals surface area contributed by atoms with Gasteiger partial charge in [0.05, 0.1) is 13.2 Å². The minimum atomic E-state index is -0.735. The van der Waals surface area contributed by atoms with Crippen LogP contribution >= 0.6 is 11.3 Å². The molecular weight excluding hydrogens is 442 g/mol. The number of nitrogens with one attached hydrogen (secondary N) is 2. The summed E-state index contributed by atoms with van der Waals surface area (Å²) in [5, 5.41) is 23.7. The molecule has 2 N–H and O–H groups in total. The number of benzene rings is 1. The van der Waals surface area contributed by atoms with E-state index in [4.69, 9.17) is 9.47 Å². The third-order valence-corrected chi connectivity index (χ3v) is 6.62. The molecule has 0 radical (unpaired) electrons. The predicted molar refractivity (Wildman–Crippen MR) is 125 cm³/mol. The number of anilines is 3. The van der Waals surface area contributed by atoms with E-state index < -0.39 is 6.10 Å². The molecule has 0 spiro atoms. The van der Waals surface area contributed by atoms with Crippen molar-refractivity contribution in [2.45, 2.75) is 24.5 Å². The van der Waals surface area contributed by atoms with Gasteiger partial charge >= 0.3 is 0 Å². The second-order valence-electron chi connectivity index (χ2n) is 8.08. The van der Waals surface area contributed by atoms with Crippen LogP contribution in [0.25, 0.3) is 0 Å². The van der Waals surface area contributed by atoms with Crippen LogP contribution in [0.4, 0.5) is 16.1 Å². The van der Waals surface area contributed by atoms with Gasteiger partial charge in [-0.2, -0.15) is 5.10 Å². The average molecular weight is 468 g/mol. The lowest BCUT2D eigenvalue weighted by atomic mass is 9.94. The number of rotatable bonds is 8. The van der Waals surface area contributed by atoms with Gasteiger partial charge in [-0.3, -0.25) is 10.1 Å². The van der Waals surface area contributed by atoms with Crippen LogP contribution in [-0.4, -0.2) is 65.8 Å². The van der Waals surface area contributed by atoms with Crippen molar-refractivity contribution in [3.05, 3.63) is 53.7 Å². The highest BCUT2D eigenvalue weighted by atomic mass is 32.1. The fourth-order valence-corrected chi connectivity index (χ4v) is 4.75. The molecule has 33 heavy (non-hydrogen) atoms. The van der Waals surface area contributed by atoms with Gasteiger partial charge in [0.15, 0.2) is 11.9 Å². The van der Waals surface area contributed by atoms with Gasteiger partial charge < -0.3 is 19.7 Å². The van der Waals surface area contributed by atoms with Crippen LogP contribution in [0.1, 0.15) is 29.6 Å². The monoisotopic (exact) mass is 467 g/mol. The van der Waals surface area contributed by atoms with Gasteiger partial charge in [-0.25, -0.2) is 0 Å². The summed E-state index contributed by atoms with van der Waals surface area (Å²) in [6.45, 7) is 3.12.